The molecule has 0 saturated heterocycles. The molecule has 3 aromatic carbocycles. The zero-order chi connectivity index (χ0) is 23.9. The van der Waals surface area contributed by atoms with E-state index in [9.17, 15) is 9.59 Å². The Morgan fingerprint density at radius 3 is 2.53 bits per heavy atom. The largest absolute Gasteiger partial charge is 0.352 e. The topological polar surface area (TPSA) is 64.0 Å². The first kappa shape index (κ1) is 23.5. The maximum absolute atomic E-state index is 13.5. The molecule has 0 radical (unpaired) electrons. The Morgan fingerprint density at radius 2 is 1.82 bits per heavy atom. The van der Waals surface area contributed by atoms with Crippen LogP contribution in [0.25, 0.3) is 17.0 Å². The molecule has 0 aliphatic carbocycles. The average Bonchev–Trinajstić information content (AvgIpc) is 2.88. The van der Waals surface area contributed by atoms with Crippen molar-refractivity contribution in [2.45, 2.75) is 30.8 Å². The number of hydrogen-bond donors (Lipinski definition) is 1. The summed E-state index contributed by atoms with van der Waals surface area (Å²) in [6, 6.07) is 23.1. The summed E-state index contributed by atoms with van der Waals surface area (Å²) in [6.45, 7) is 6.84. The SMILES string of the molecule is C=Cc1ccc(CSc2nc3cc(C(=O)NCCC)ccc3c(=O)n2Cc2ccccc2)cc1. The highest BCUT2D eigenvalue weighted by molar-refractivity contribution is 7.98. The summed E-state index contributed by atoms with van der Waals surface area (Å²) in [5.41, 5.74) is 4.14. The molecule has 0 fully saturated rings. The van der Waals surface area contributed by atoms with Crippen LogP contribution in [0.5, 0.6) is 0 Å². The summed E-state index contributed by atoms with van der Waals surface area (Å²) in [5, 5.41) is 4.01. The van der Waals surface area contributed by atoms with Crippen LogP contribution < -0.4 is 10.9 Å². The van der Waals surface area contributed by atoms with Crippen molar-refractivity contribution in [3.8, 4) is 0 Å². The van der Waals surface area contributed by atoms with Gasteiger partial charge >= 0.3 is 0 Å². The van der Waals surface area contributed by atoms with Crippen molar-refractivity contribution in [3.63, 3.8) is 0 Å². The summed E-state index contributed by atoms with van der Waals surface area (Å²) >= 11 is 1.52. The number of fused-ring (bicyclic) bond motifs is 1. The number of nitrogens with one attached hydrogen (secondary N) is 1. The van der Waals surface area contributed by atoms with Gasteiger partial charge in [0.25, 0.3) is 11.5 Å². The molecular weight excluding hydrogens is 442 g/mol. The van der Waals surface area contributed by atoms with E-state index >= 15 is 0 Å². The van der Waals surface area contributed by atoms with E-state index in [1.54, 1.807) is 22.8 Å². The fourth-order valence-corrected chi connectivity index (χ4v) is 4.55. The third kappa shape index (κ3) is 5.46. The maximum Gasteiger partial charge on any atom is 0.262 e. The van der Waals surface area contributed by atoms with Gasteiger partial charge in [-0.1, -0.05) is 85.9 Å². The van der Waals surface area contributed by atoms with Crippen molar-refractivity contribution in [2.24, 2.45) is 0 Å². The van der Waals surface area contributed by atoms with E-state index in [0.29, 0.717) is 40.5 Å². The smallest absolute Gasteiger partial charge is 0.262 e. The van der Waals surface area contributed by atoms with Gasteiger partial charge in [0.2, 0.25) is 0 Å². The minimum atomic E-state index is -0.157. The molecule has 1 heterocycles. The lowest BCUT2D eigenvalue weighted by Gasteiger charge is -2.14. The van der Waals surface area contributed by atoms with E-state index in [1.807, 2.05) is 55.5 Å². The second-order valence-corrected chi connectivity index (χ2v) is 8.94. The zero-order valence-electron chi connectivity index (χ0n) is 19.2. The quantitative estimate of drug-likeness (QED) is 0.259. The first-order valence-electron chi connectivity index (χ1n) is 11.3. The first-order chi connectivity index (χ1) is 16.6. The number of carbonyl (C=O) groups is 1. The zero-order valence-corrected chi connectivity index (χ0v) is 20.0. The molecule has 0 aliphatic heterocycles. The van der Waals surface area contributed by atoms with Gasteiger partial charge in [0.1, 0.15) is 0 Å². The highest BCUT2D eigenvalue weighted by Crippen LogP contribution is 2.24. The van der Waals surface area contributed by atoms with E-state index in [0.717, 1.165) is 23.1 Å². The Labute approximate surface area is 203 Å². The molecule has 1 amide bonds. The van der Waals surface area contributed by atoms with Crippen molar-refractivity contribution in [1.29, 1.82) is 0 Å². The summed E-state index contributed by atoms with van der Waals surface area (Å²) in [4.78, 5) is 30.8. The molecule has 0 unspecified atom stereocenters. The molecule has 0 aliphatic rings. The number of hydrogen-bond acceptors (Lipinski definition) is 4. The molecule has 0 spiro atoms. The van der Waals surface area contributed by atoms with E-state index in [2.05, 4.69) is 24.0 Å². The van der Waals surface area contributed by atoms with Crippen LogP contribution in [0.3, 0.4) is 0 Å². The van der Waals surface area contributed by atoms with Crippen molar-refractivity contribution in [1.82, 2.24) is 14.9 Å². The van der Waals surface area contributed by atoms with E-state index in [-0.39, 0.29) is 11.5 Å². The summed E-state index contributed by atoms with van der Waals surface area (Å²) < 4.78 is 1.72. The Balaban J connectivity index is 1.73. The molecule has 1 N–H and O–H groups in total. The van der Waals surface area contributed by atoms with Crippen LogP contribution in [0, 0.1) is 0 Å². The number of carbonyl (C=O) groups excluding carboxylic acids is 1. The van der Waals surface area contributed by atoms with Crippen LogP contribution in [-0.2, 0) is 12.3 Å². The Bertz CT molecular complexity index is 1360. The fraction of sp³-hybridized carbons (Fsp3) is 0.179. The van der Waals surface area contributed by atoms with Crippen LogP contribution in [0.4, 0.5) is 0 Å². The number of rotatable bonds is 9. The minimum Gasteiger partial charge on any atom is -0.352 e. The lowest BCUT2D eigenvalue weighted by atomic mass is 10.1. The van der Waals surface area contributed by atoms with E-state index in [4.69, 9.17) is 4.98 Å². The summed E-state index contributed by atoms with van der Waals surface area (Å²) in [6.07, 6.45) is 2.67. The predicted octanol–water partition coefficient (Wildman–Crippen LogP) is 5.52. The number of aromatic nitrogens is 2. The van der Waals surface area contributed by atoms with Gasteiger partial charge in [-0.2, -0.15) is 0 Å². The molecule has 6 heteroatoms. The second-order valence-electron chi connectivity index (χ2n) is 7.99. The first-order valence-corrected chi connectivity index (χ1v) is 12.3. The van der Waals surface area contributed by atoms with Crippen LogP contribution in [0.15, 0.2) is 89.3 Å². The van der Waals surface area contributed by atoms with Gasteiger partial charge in [-0.3, -0.25) is 14.2 Å². The van der Waals surface area contributed by atoms with Gasteiger partial charge in [-0.05, 0) is 41.3 Å². The van der Waals surface area contributed by atoms with Gasteiger partial charge in [0.05, 0.1) is 17.4 Å². The third-order valence-electron chi connectivity index (χ3n) is 5.48. The van der Waals surface area contributed by atoms with Crippen LogP contribution in [0.2, 0.25) is 0 Å². The molecule has 34 heavy (non-hydrogen) atoms. The molecule has 5 nitrogen and oxygen atoms in total. The number of amides is 1. The normalized spacial score (nSPS) is 10.9. The number of benzene rings is 3. The average molecular weight is 470 g/mol. The predicted molar refractivity (Wildman–Crippen MR) is 140 cm³/mol. The monoisotopic (exact) mass is 469 g/mol. The lowest BCUT2D eigenvalue weighted by molar-refractivity contribution is 0.0954. The molecule has 1 aromatic heterocycles. The van der Waals surface area contributed by atoms with Crippen LogP contribution in [0.1, 0.15) is 40.4 Å². The van der Waals surface area contributed by atoms with Crippen molar-refractivity contribution in [3.05, 3.63) is 112 Å². The Kier molecular flexibility index (Phi) is 7.60. The molecule has 0 bridgehead atoms. The van der Waals surface area contributed by atoms with Gasteiger partial charge < -0.3 is 5.32 Å². The molecule has 4 rings (SSSR count). The standard InChI is InChI=1S/C28H27N3O2S/c1-3-16-29-26(32)23-14-15-24-25(17-23)30-28(34-19-22-12-10-20(4-2)11-13-22)31(27(24)33)18-21-8-6-5-7-9-21/h4-15,17H,2-3,16,18-19H2,1H3,(H,29,32). The summed E-state index contributed by atoms with van der Waals surface area (Å²) in [5.74, 6) is 0.511. The highest BCUT2D eigenvalue weighted by atomic mass is 32.2. The van der Waals surface area contributed by atoms with Gasteiger partial charge in [0, 0.05) is 17.9 Å². The molecule has 0 saturated carbocycles. The Hall–Kier alpha value is -3.64. The van der Waals surface area contributed by atoms with Crippen LogP contribution >= 0.6 is 11.8 Å². The van der Waals surface area contributed by atoms with Crippen molar-refractivity contribution >= 4 is 34.6 Å². The Morgan fingerprint density at radius 1 is 1.06 bits per heavy atom. The van der Waals surface area contributed by atoms with Gasteiger partial charge in [-0.25, -0.2) is 4.98 Å². The van der Waals surface area contributed by atoms with E-state index < -0.39 is 0 Å². The minimum absolute atomic E-state index is 0.112. The van der Waals surface area contributed by atoms with Crippen molar-refractivity contribution < 1.29 is 4.79 Å². The number of thioether (sulfide) groups is 1. The van der Waals surface area contributed by atoms with Crippen LogP contribution in [-0.4, -0.2) is 22.0 Å². The number of nitrogens with zero attached hydrogens (tertiary/aromatic N) is 2. The summed E-state index contributed by atoms with van der Waals surface area (Å²) in [7, 11) is 0. The molecule has 0 atom stereocenters. The lowest BCUT2D eigenvalue weighted by Crippen LogP contribution is -2.26. The fourth-order valence-electron chi connectivity index (χ4n) is 3.60. The van der Waals surface area contributed by atoms with Gasteiger partial charge in [0.15, 0.2) is 5.16 Å². The second kappa shape index (κ2) is 11.0. The maximum atomic E-state index is 13.5. The van der Waals surface area contributed by atoms with E-state index in [1.165, 1.54) is 11.8 Å². The van der Waals surface area contributed by atoms with Gasteiger partial charge in [-0.15, -0.1) is 0 Å². The third-order valence-corrected chi connectivity index (χ3v) is 6.53. The highest BCUT2D eigenvalue weighted by Gasteiger charge is 2.15. The molecule has 172 valence electrons. The molecule has 4 aromatic rings. The molecular formula is C28H27N3O2S. The van der Waals surface area contributed by atoms with Crippen molar-refractivity contribution in [2.75, 3.05) is 6.54 Å².